The highest BCUT2D eigenvalue weighted by atomic mass is 32.3. The summed E-state index contributed by atoms with van der Waals surface area (Å²) in [5.41, 5.74) is 4.62. The molecule has 6 rings (SSSR count). The number of carbonyl (C=O) groups excluding carboxylic acids is 1. The zero-order chi connectivity index (χ0) is 28.8. The van der Waals surface area contributed by atoms with Gasteiger partial charge in [0.25, 0.3) is 0 Å². The van der Waals surface area contributed by atoms with E-state index in [9.17, 15) is 4.79 Å². The van der Waals surface area contributed by atoms with E-state index < -0.39 is 10.3 Å². The molecule has 3 aromatic carbocycles. The normalized spacial score (nSPS) is 19.8. The summed E-state index contributed by atoms with van der Waals surface area (Å²) in [4.78, 5) is 17.3. The van der Waals surface area contributed by atoms with Crippen molar-refractivity contribution in [2.24, 2.45) is 0 Å². The Morgan fingerprint density at radius 3 is 1.43 bits per heavy atom. The lowest BCUT2D eigenvalue weighted by Gasteiger charge is -2.45. The van der Waals surface area contributed by atoms with Crippen molar-refractivity contribution < 1.29 is 8.98 Å². The van der Waals surface area contributed by atoms with Crippen LogP contribution in [0.3, 0.4) is 0 Å². The molecular weight excluding hydrogens is 532 g/mol. The Morgan fingerprint density at radius 2 is 1.02 bits per heavy atom. The molecule has 3 aliphatic rings. The first-order valence-electron chi connectivity index (χ1n) is 17.0. The lowest BCUT2D eigenvalue weighted by atomic mass is 9.76. The van der Waals surface area contributed by atoms with Crippen LogP contribution in [-0.2, 0) is 8.98 Å². The third kappa shape index (κ3) is 6.09. The molecule has 3 aromatic rings. The maximum absolute atomic E-state index is 13.6. The van der Waals surface area contributed by atoms with Crippen molar-refractivity contribution in [3.8, 4) is 0 Å². The summed E-state index contributed by atoms with van der Waals surface area (Å²) in [5, 5.41) is 0. The molecule has 0 heterocycles. The van der Waals surface area contributed by atoms with Gasteiger partial charge in [0, 0.05) is 21.1 Å². The first kappa shape index (κ1) is 29.5. The van der Waals surface area contributed by atoms with Gasteiger partial charge in [-0.25, -0.2) is 0 Å². The topological polar surface area (TPSA) is 26.3 Å². The molecule has 0 saturated heterocycles. The van der Waals surface area contributed by atoms with Gasteiger partial charge in [-0.1, -0.05) is 113 Å². The van der Waals surface area contributed by atoms with Crippen molar-refractivity contribution in [1.82, 2.24) is 0 Å². The molecule has 3 fully saturated rings. The van der Waals surface area contributed by atoms with E-state index in [1.54, 1.807) is 5.56 Å². The summed E-state index contributed by atoms with van der Waals surface area (Å²) >= 11 is 0. The average Bonchev–Trinajstić information content (AvgIpc) is 3.08. The summed E-state index contributed by atoms with van der Waals surface area (Å²) in [7, 11) is -2.30. The van der Waals surface area contributed by atoms with Gasteiger partial charge in [-0.05, 0) is 108 Å². The van der Waals surface area contributed by atoms with E-state index in [-0.39, 0.29) is 5.97 Å². The predicted molar refractivity (Wildman–Crippen MR) is 176 cm³/mol. The van der Waals surface area contributed by atoms with Crippen LogP contribution < -0.4 is 0 Å². The first-order valence-corrected chi connectivity index (χ1v) is 18.6. The van der Waals surface area contributed by atoms with E-state index in [0.29, 0.717) is 24.2 Å². The Kier molecular flexibility index (Phi) is 9.74. The minimum atomic E-state index is -2.30. The Morgan fingerprint density at radius 1 is 0.619 bits per heavy atom. The Labute approximate surface area is 256 Å². The molecule has 224 valence electrons. The molecule has 3 heteroatoms. The van der Waals surface area contributed by atoms with E-state index in [1.165, 1.54) is 112 Å². The maximum Gasteiger partial charge on any atom is 0.316 e. The highest BCUT2D eigenvalue weighted by Crippen LogP contribution is 2.72. The van der Waals surface area contributed by atoms with Crippen LogP contribution in [0.25, 0.3) is 0 Å². The Balaban J connectivity index is 1.70. The van der Waals surface area contributed by atoms with Crippen LogP contribution in [0.2, 0.25) is 0 Å². The summed E-state index contributed by atoms with van der Waals surface area (Å²) in [6.07, 6.45) is 19.9. The Bertz CT molecular complexity index is 1220. The molecule has 0 spiro atoms. The minimum Gasteiger partial charge on any atom is -0.402 e. The lowest BCUT2D eigenvalue weighted by Crippen LogP contribution is -2.21. The van der Waals surface area contributed by atoms with Gasteiger partial charge in [0.15, 0.2) is 0 Å². The molecular formula is C39H50O2S. The number of benzene rings is 3. The molecule has 2 nitrogen and oxygen atoms in total. The van der Waals surface area contributed by atoms with Gasteiger partial charge < -0.3 is 4.18 Å². The van der Waals surface area contributed by atoms with Gasteiger partial charge in [-0.2, -0.15) is 0 Å². The van der Waals surface area contributed by atoms with Gasteiger partial charge >= 0.3 is 5.97 Å². The van der Waals surface area contributed by atoms with Gasteiger partial charge in [0.1, 0.15) is 0 Å². The van der Waals surface area contributed by atoms with Crippen LogP contribution in [0.1, 0.15) is 144 Å². The first-order chi connectivity index (χ1) is 20.7. The minimum absolute atomic E-state index is 0.0988. The van der Waals surface area contributed by atoms with Crippen LogP contribution in [-0.4, -0.2) is 5.97 Å². The van der Waals surface area contributed by atoms with Crippen LogP contribution in [0.15, 0.2) is 87.5 Å². The maximum atomic E-state index is 13.6. The monoisotopic (exact) mass is 582 g/mol. The largest absolute Gasteiger partial charge is 0.402 e. The van der Waals surface area contributed by atoms with Crippen molar-refractivity contribution in [3.63, 3.8) is 0 Å². The molecule has 0 radical (unpaired) electrons. The molecule has 0 aliphatic heterocycles. The van der Waals surface area contributed by atoms with Gasteiger partial charge in [-0.3, -0.25) is 4.79 Å². The number of rotatable bonds is 8. The third-order valence-corrected chi connectivity index (χ3v) is 13.6. The fourth-order valence-corrected chi connectivity index (χ4v) is 11.7. The van der Waals surface area contributed by atoms with Crippen molar-refractivity contribution in [2.45, 2.75) is 142 Å². The molecule has 42 heavy (non-hydrogen) atoms. The fourth-order valence-electron chi connectivity index (χ4n) is 8.07. The molecule has 0 atom stereocenters. The van der Waals surface area contributed by atoms with Gasteiger partial charge in [-0.15, -0.1) is 0 Å². The van der Waals surface area contributed by atoms with Crippen molar-refractivity contribution >= 4 is 16.3 Å². The summed E-state index contributed by atoms with van der Waals surface area (Å²) in [5.74, 6) is 1.62. The molecule has 0 unspecified atom stereocenters. The summed E-state index contributed by atoms with van der Waals surface area (Å²) in [6, 6.07) is 26.9. The molecule has 3 aliphatic carbocycles. The zero-order valence-electron chi connectivity index (χ0n) is 25.7. The van der Waals surface area contributed by atoms with Gasteiger partial charge in [0.05, 0.1) is 0 Å². The van der Waals surface area contributed by atoms with E-state index in [0.717, 1.165) is 9.79 Å². The SMILES string of the molecule is CCC(=O)OS(c1ccccc1)(c1ccccc1)c1c(C2CCCCC2)cc(C2CCCCC2)cc1C1CCCCC1. The van der Waals surface area contributed by atoms with Crippen LogP contribution in [0, 0.1) is 0 Å². The second-order valence-electron chi connectivity index (χ2n) is 13.0. The second-order valence-corrected chi connectivity index (χ2v) is 15.7. The van der Waals surface area contributed by atoms with Crippen molar-refractivity contribution in [1.29, 1.82) is 0 Å². The average molecular weight is 583 g/mol. The van der Waals surface area contributed by atoms with E-state index in [4.69, 9.17) is 4.18 Å². The molecule has 0 aromatic heterocycles. The summed E-state index contributed by atoms with van der Waals surface area (Å²) < 4.78 is 7.04. The zero-order valence-corrected chi connectivity index (χ0v) is 26.5. The highest BCUT2D eigenvalue weighted by molar-refractivity contribution is 8.30. The smallest absolute Gasteiger partial charge is 0.316 e. The molecule has 0 N–H and O–H groups in total. The number of carbonyl (C=O) groups is 1. The van der Waals surface area contributed by atoms with Crippen LogP contribution in [0.5, 0.6) is 0 Å². The molecule has 0 bridgehead atoms. The standard InChI is InChI=1S/C39H50O2S/c1-2-38(40)41-42(34-24-14-6-15-25-34,35-26-16-7-17-27-35)39-36(31-20-10-4-11-21-31)28-33(30-18-8-3-9-19-30)29-37(39)32-22-12-5-13-23-32/h6-7,14-17,24-32H,2-5,8-13,18-23H2,1H3. The van der Waals surface area contributed by atoms with Crippen molar-refractivity contribution in [2.75, 3.05) is 0 Å². The van der Waals surface area contributed by atoms with Gasteiger partial charge in [0.2, 0.25) is 0 Å². The number of hydrogen-bond acceptors (Lipinski definition) is 2. The second kappa shape index (κ2) is 13.8. The van der Waals surface area contributed by atoms with Crippen molar-refractivity contribution in [3.05, 3.63) is 89.5 Å². The predicted octanol–water partition coefficient (Wildman–Crippen LogP) is 12.0. The Hall–Kier alpha value is -2.52. The quantitative estimate of drug-likeness (QED) is 0.264. The van der Waals surface area contributed by atoms with E-state index >= 15 is 0 Å². The molecule has 3 saturated carbocycles. The highest BCUT2D eigenvalue weighted by Gasteiger charge is 2.42. The van der Waals surface area contributed by atoms with Crippen LogP contribution in [0.4, 0.5) is 0 Å². The van der Waals surface area contributed by atoms with Crippen LogP contribution >= 0.6 is 10.3 Å². The lowest BCUT2D eigenvalue weighted by molar-refractivity contribution is -0.133. The fraction of sp³-hybridized carbons (Fsp3) is 0.513. The third-order valence-electron chi connectivity index (χ3n) is 10.3. The summed E-state index contributed by atoms with van der Waals surface area (Å²) in [6.45, 7) is 1.94. The van der Waals surface area contributed by atoms with E-state index in [1.807, 2.05) is 6.92 Å². The number of hydrogen-bond donors (Lipinski definition) is 0. The van der Waals surface area contributed by atoms with E-state index in [2.05, 4.69) is 72.8 Å². The molecule has 0 amide bonds.